The van der Waals surface area contributed by atoms with Crippen LogP contribution < -0.4 is 10.6 Å². The normalized spacial score (nSPS) is 17.2. The third-order valence-electron chi connectivity index (χ3n) is 4.92. The number of carbonyl (C=O) groups excluding carboxylic acids is 1. The molecule has 3 aromatic rings. The van der Waals surface area contributed by atoms with E-state index < -0.39 is 6.04 Å². The van der Waals surface area contributed by atoms with Crippen molar-refractivity contribution in [2.24, 2.45) is 5.73 Å². The molecule has 6 nitrogen and oxygen atoms in total. The lowest BCUT2D eigenvalue weighted by atomic mass is 10.0. The largest absolute Gasteiger partial charge is 0.507 e. The predicted molar refractivity (Wildman–Crippen MR) is 105 cm³/mol. The third kappa shape index (κ3) is 3.18. The number of fused-ring (bicyclic) bond motifs is 1. The van der Waals surface area contributed by atoms with Gasteiger partial charge in [-0.3, -0.25) is 4.79 Å². The Hall–Kier alpha value is -3.15. The van der Waals surface area contributed by atoms with Crippen molar-refractivity contribution in [2.75, 3.05) is 11.4 Å². The number of aryl methyl sites for hydroxylation is 1. The molecule has 137 valence electrons. The van der Waals surface area contributed by atoms with E-state index >= 15 is 0 Å². The van der Waals surface area contributed by atoms with Gasteiger partial charge in [0.15, 0.2) is 5.82 Å². The van der Waals surface area contributed by atoms with Crippen LogP contribution in [0, 0.1) is 13.3 Å². The number of para-hydroxylation sites is 1. The molecule has 1 aliphatic rings. The summed E-state index contributed by atoms with van der Waals surface area (Å²) in [6, 6.07) is 12.5. The standard InChI is InChI=1S/C21H21N4O2/c1-13-9-10-14-16(12-13)23-20(15-6-2-3-8-18(15)26)24-21(14)25-11-5-4-7-17(25)19(22)27/h2-4,6,8-10,12,17,26H,5,7,11H2,1H3,(H2,22,27)/t17-/m1/s1. The van der Waals surface area contributed by atoms with E-state index in [1.54, 1.807) is 18.2 Å². The number of benzene rings is 2. The average molecular weight is 361 g/mol. The van der Waals surface area contributed by atoms with E-state index in [4.69, 9.17) is 10.7 Å². The van der Waals surface area contributed by atoms with Gasteiger partial charge in [0.2, 0.25) is 5.91 Å². The zero-order chi connectivity index (χ0) is 19.0. The summed E-state index contributed by atoms with van der Waals surface area (Å²) in [5.41, 5.74) is 8.06. The van der Waals surface area contributed by atoms with Crippen LogP contribution in [0.2, 0.25) is 0 Å². The van der Waals surface area contributed by atoms with E-state index in [9.17, 15) is 9.90 Å². The van der Waals surface area contributed by atoms with Gasteiger partial charge in [-0.1, -0.05) is 18.2 Å². The summed E-state index contributed by atoms with van der Waals surface area (Å²) < 4.78 is 0. The maximum atomic E-state index is 12.0. The number of aromatic nitrogens is 2. The van der Waals surface area contributed by atoms with E-state index in [1.165, 1.54) is 0 Å². The SMILES string of the molecule is Cc1ccc2c(N3CC[CH]C[C@@H]3C(N)=O)nc(-c3ccccc3O)nc2c1. The van der Waals surface area contributed by atoms with Gasteiger partial charge in [-0.25, -0.2) is 9.97 Å². The number of hydrogen-bond acceptors (Lipinski definition) is 5. The van der Waals surface area contributed by atoms with Crippen molar-refractivity contribution in [1.82, 2.24) is 9.97 Å². The van der Waals surface area contributed by atoms with Crippen molar-refractivity contribution >= 4 is 22.6 Å². The second kappa shape index (κ2) is 6.87. The number of phenolic OH excluding ortho intramolecular Hbond substituents is 1. The molecule has 1 amide bonds. The Morgan fingerprint density at radius 1 is 1.22 bits per heavy atom. The van der Waals surface area contributed by atoms with Crippen LogP contribution in [-0.4, -0.2) is 33.6 Å². The highest BCUT2D eigenvalue weighted by Gasteiger charge is 2.30. The highest BCUT2D eigenvalue weighted by atomic mass is 16.3. The van der Waals surface area contributed by atoms with Crippen molar-refractivity contribution in [3.05, 3.63) is 54.4 Å². The molecule has 1 radical (unpaired) electrons. The number of amides is 1. The van der Waals surface area contributed by atoms with Crippen LogP contribution in [0.4, 0.5) is 5.82 Å². The van der Waals surface area contributed by atoms with Crippen molar-refractivity contribution in [2.45, 2.75) is 25.8 Å². The molecule has 0 saturated carbocycles. The van der Waals surface area contributed by atoms with Crippen LogP contribution in [-0.2, 0) is 4.79 Å². The zero-order valence-electron chi connectivity index (χ0n) is 15.1. The molecule has 0 unspecified atom stereocenters. The Morgan fingerprint density at radius 2 is 2.04 bits per heavy atom. The van der Waals surface area contributed by atoms with E-state index in [0.717, 1.165) is 22.9 Å². The highest BCUT2D eigenvalue weighted by Crippen LogP contribution is 2.34. The fourth-order valence-electron chi connectivity index (χ4n) is 3.54. The molecule has 2 heterocycles. The van der Waals surface area contributed by atoms with Gasteiger partial charge in [-0.15, -0.1) is 0 Å². The molecule has 1 aromatic heterocycles. The molecule has 0 spiro atoms. The van der Waals surface area contributed by atoms with Gasteiger partial charge >= 0.3 is 0 Å². The number of rotatable bonds is 3. The Bertz CT molecular complexity index is 1020. The molecule has 1 atom stereocenters. The Labute approximate surface area is 157 Å². The molecule has 1 saturated heterocycles. The van der Waals surface area contributed by atoms with Crippen LogP contribution in [0.3, 0.4) is 0 Å². The first-order valence-corrected chi connectivity index (χ1v) is 8.99. The number of aromatic hydroxyl groups is 1. The topological polar surface area (TPSA) is 92.3 Å². The van der Waals surface area contributed by atoms with Gasteiger partial charge < -0.3 is 15.7 Å². The average Bonchev–Trinajstić information content (AvgIpc) is 2.67. The maximum Gasteiger partial charge on any atom is 0.240 e. The fourth-order valence-corrected chi connectivity index (χ4v) is 3.54. The summed E-state index contributed by atoms with van der Waals surface area (Å²) in [4.78, 5) is 23.4. The molecule has 1 aliphatic heterocycles. The molecule has 6 heteroatoms. The first kappa shape index (κ1) is 17.3. The minimum atomic E-state index is -0.435. The number of piperidine rings is 1. The van der Waals surface area contributed by atoms with Crippen LogP contribution in [0.15, 0.2) is 42.5 Å². The van der Waals surface area contributed by atoms with E-state index in [2.05, 4.69) is 11.4 Å². The predicted octanol–water partition coefficient (Wildman–Crippen LogP) is 2.97. The number of nitrogens with zero attached hydrogens (tertiary/aromatic N) is 3. The van der Waals surface area contributed by atoms with Gasteiger partial charge in [0.25, 0.3) is 0 Å². The minimum Gasteiger partial charge on any atom is -0.507 e. The smallest absolute Gasteiger partial charge is 0.240 e. The van der Waals surface area contributed by atoms with Crippen LogP contribution >= 0.6 is 0 Å². The number of primary amides is 1. The molecule has 2 aromatic carbocycles. The Morgan fingerprint density at radius 3 is 2.81 bits per heavy atom. The van der Waals surface area contributed by atoms with Crippen LogP contribution in [0.1, 0.15) is 18.4 Å². The second-order valence-corrected chi connectivity index (χ2v) is 6.83. The third-order valence-corrected chi connectivity index (χ3v) is 4.92. The number of hydrogen-bond donors (Lipinski definition) is 2. The molecule has 27 heavy (non-hydrogen) atoms. The lowest BCUT2D eigenvalue weighted by Crippen LogP contribution is -2.48. The first-order valence-electron chi connectivity index (χ1n) is 8.99. The maximum absolute atomic E-state index is 12.0. The lowest BCUT2D eigenvalue weighted by Gasteiger charge is -2.35. The summed E-state index contributed by atoms with van der Waals surface area (Å²) in [7, 11) is 0. The molecular weight excluding hydrogens is 340 g/mol. The van der Waals surface area contributed by atoms with Gasteiger partial charge in [0, 0.05) is 11.9 Å². The Kier molecular flexibility index (Phi) is 4.39. The van der Waals surface area contributed by atoms with Crippen LogP contribution in [0.25, 0.3) is 22.3 Å². The minimum absolute atomic E-state index is 0.119. The van der Waals surface area contributed by atoms with Gasteiger partial charge in [-0.05, 0) is 56.0 Å². The molecule has 4 rings (SSSR count). The fraction of sp³-hybridized carbons (Fsp3) is 0.238. The summed E-state index contributed by atoms with van der Waals surface area (Å²) in [5, 5.41) is 11.1. The summed E-state index contributed by atoms with van der Waals surface area (Å²) >= 11 is 0. The van der Waals surface area contributed by atoms with E-state index in [-0.39, 0.29) is 11.7 Å². The second-order valence-electron chi connectivity index (χ2n) is 6.83. The molecule has 1 fully saturated rings. The van der Waals surface area contributed by atoms with Crippen molar-refractivity contribution in [1.29, 1.82) is 0 Å². The van der Waals surface area contributed by atoms with E-state index in [1.807, 2.05) is 36.1 Å². The molecule has 3 N–H and O–H groups in total. The van der Waals surface area contributed by atoms with Crippen molar-refractivity contribution in [3.63, 3.8) is 0 Å². The first-order chi connectivity index (χ1) is 13.0. The number of phenols is 1. The van der Waals surface area contributed by atoms with Crippen molar-refractivity contribution < 1.29 is 9.90 Å². The molecule has 0 aliphatic carbocycles. The van der Waals surface area contributed by atoms with Gasteiger partial charge in [0.05, 0.1) is 11.1 Å². The van der Waals surface area contributed by atoms with Gasteiger partial charge in [-0.2, -0.15) is 0 Å². The monoisotopic (exact) mass is 361 g/mol. The lowest BCUT2D eigenvalue weighted by molar-refractivity contribution is -0.119. The number of nitrogens with two attached hydrogens (primary N) is 1. The van der Waals surface area contributed by atoms with Crippen LogP contribution in [0.5, 0.6) is 5.75 Å². The summed E-state index contributed by atoms with van der Waals surface area (Å²) in [5.74, 6) is 0.858. The zero-order valence-corrected chi connectivity index (χ0v) is 15.1. The van der Waals surface area contributed by atoms with E-state index in [0.29, 0.717) is 30.2 Å². The summed E-state index contributed by atoms with van der Waals surface area (Å²) in [6.07, 6.45) is 3.54. The number of carbonyl (C=O) groups is 1. The van der Waals surface area contributed by atoms with Crippen molar-refractivity contribution in [3.8, 4) is 17.1 Å². The molecule has 0 bridgehead atoms. The summed E-state index contributed by atoms with van der Waals surface area (Å²) in [6.45, 7) is 2.66. The highest BCUT2D eigenvalue weighted by molar-refractivity contribution is 5.94. The quantitative estimate of drug-likeness (QED) is 0.748. The molecular formula is C21H21N4O2. The van der Waals surface area contributed by atoms with Gasteiger partial charge in [0.1, 0.15) is 17.6 Å². The number of anilines is 1. The Balaban J connectivity index is 1.95.